The van der Waals surface area contributed by atoms with Crippen molar-refractivity contribution in [2.45, 2.75) is 12.9 Å². The summed E-state index contributed by atoms with van der Waals surface area (Å²) >= 11 is 5.18. The van der Waals surface area contributed by atoms with Crippen LogP contribution in [0.25, 0.3) is 0 Å². The maximum atomic E-state index is 12.1. The highest BCUT2D eigenvalue weighted by Crippen LogP contribution is 2.23. The van der Waals surface area contributed by atoms with E-state index in [1.807, 2.05) is 43.3 Å². The molecular formula is C17H18F3N3OS. The zero-order chi connectivity index (χ0) is 18.4. The third kappa shape index (κ3) is 6.50. The van der Waals surface area contributed by atoms with Crippen molar-refractivity contribution < 1.29 is 17.9 Å². The molecule has 0 aromatic heterocycles. The maximum Gasteiger partial charge on any atom is 0.573 e. The van der Waals surface area contributed by atoms with E-state index in [1.165, 1.54) is 24.3 Å². The monoisotopic (exact) mass is 369 g/mol. The topological polar surface area (TPSA) is 36.5 Å². The van der Waals surface area contributed by atoms with Crippen molar-refractivity contribution in [1.82, 2.24) is 5.32 Å². The molecule has 2 aromatic rings. The zero-order valence-electron chi connectivity index (χ0n) is 13.7. The molecule has 0 aliphatic rings. The van der Waals surface area contributed by atoms with Gasteiger partial charge in [-0.15, -0.1) is 13.2 Å². The average molecular weight is 369 g/mol. The molecule has 0 saturated heterocycles. The van der Waals surface area contributed by atoms with Crippen molar-refractivity contribution in [3.05, 3.63) is 54.1 Å². The quantitative estimate of drug-likeness (QED) is 0.775. The van der Waals surface area contributed by atoms with Gasteiger partial charge in [0.15, 0.2) is 5.11 Å². The van der Waals surface area contributed by atoms with E-state index in [-0.39, 0.29) is 5.75 Å². The fourth-order valence-corrected chi connectivity index (χ4v) is 2.20. The summed E-state index contributed by atoms with van der Waals surface area (Å²) in [6.45, 7) is 0.537. The predicted octanol–water partition coefficient (Wildman–Crippen LogP) is 4.14. The predicted molar refractivity (Wildman–Crippen MR) is 97.0 cm³/mol. The molecule has 0 heterocycles. The molecule has 2 N–H and O–H groups in total. The number of halogens is 3. The fourth-order valence-electron chi connectivity index (χ4n) is 2.01. The lowest BCUT2D eigenvalue weighted by atomic mass is 10.2. The summed E-state index contributed by atoms with van der Waals surface area (Å²) in [4.78, 5) is 2.01. The van der Waals surface area contributed by atoms with E-state index in [4.69, 9.17) is 12.2 Å². The molecule has 0 bridgehead atoms. The molecule has 4 nitrogen and oxygen atoms in total. The normalized spacial score (nSPS) is 10.9. The molecule has 0 aliphatic heterocycles. The highest BCUT2D eigenvalue weighted by Gasteiger charge is 2.30. The minimum atomic E-state index is -4.70. The molecule has 2 rings (SSSR count). The van der Waals surface area contributed by atoms with Crippen LogP contribution in [0.1, 0.15) is 5.56 Å². The van der Waals surface area contributed by atoms with Gasteiger partial charge in [0.2, 0.25) is 0 Å². The Morgan fingerprint density at radius 1 is 1.04 bits per heavy atom. The van der Waals surface area contributed by atoms with Crippen LogP contribution in [-0.4, -0.2) is 25.6 Å². The van der Waals surface area contributed by atoms with Gasteiger partial charge in [0.1, 0.15) is 5.75 Å². The van der Waals surface area contributed by atoms with Gasteiger partial charge in [-0.2, -0.15) is 0 Å². The summed E-state index contributed by atoms with van der Waals surface area (Å²) in [7, 11) is 3.94. The van der Waals surface area contributed by atoms with Gasteiger partial charge in [0, 0.05) is 32.0 Å². The van der Waals surface area contributed by atoms with E-state index >= 15 is 0 Å². The summed E-state index contributed by atoms with van der Waals surface area (Å²) in [5.41, 5.74) is 2.73. The number of nitrogens with one attached hydrogen (secondary N) is 2. The Morgan fingerprint density at radius 2 is 1.64 bits per heavy atom. The molecular weight excluding hydrogens is 351 g/mol. The smallest absolute Gasteiger partial charge is 0.406 e. The van der Waals surface area contributed by atoms with E-state index in [2.05, 4.69) is 15.4 Å². The SMILES string of the molecule is CN(C)c1ccc(CNC(=S)Nc2ccc(OC(F)(F)F)cc2)cc1. The number of anilines is 2. The van der Waals surface area contributed by atoms with Crippen molar-refractivity contribution in [2.75, 3.05) is 24.3 Å². The minimum absolute atomic E-state index is 0.280. The average Bonchev–Trinajstić information content (AvgIpc) is 2.54. The molecule has 0 fully saturated rings. The van der Waals surface area contributed by atoms with Gasteiger partial charge in [-0.05, 0) is 54.2 Å². The fraction of sp³-hybridized carbons (Fsp3) is 0.235. The first-order valence-electron chi connectivity index (χ1n) is 7.40. The zero-order valence-corrected chi connectivity index (χ0v) is 14.5. The van der Waals surface area contributed by atoms with E-state index in [1.54, 1.807) is 0 Å². The Kier molecular flexibility index (Phi) is 6.08. The second kappa shape index (κ2) is 8.06. The van der Waals surface area contributed by atoms with Crippen molar-refractivity contribution in [3.8, 4) is 5.75 Å². The summed E-state index contributed by atoms with van der Waals surface area (Å²) in [6.07, 6.45) is -4.70. The maximum absolute atomic E-state index is 12.1. The van der Waals surface area contributed by atoms with Gasteiger partial charge in [0.25, 0.3) is 0 Å². The van der Waals surface area contributed by atoms with Gasteiger partial charge >= 0.3 is 6.36 Å². The lowest BCUT2D eigenvalue weighted by Gasteiger charge is -2.14. The third-order valence-corrected chi connectivity index (χ3v) is 3.50. The molecule has 0 amide bonds. The van der Waals surface area contributed by atoms with Crippen LogP contribution in [0.2, 0.25) is 0 Å². The lowest BCUT2D eigenvalue weighted by molar-refractivity contribution is -0.274. The van der Waals surface area contributed by atoms with E-state index in [0.717, 1.165) is 11.3 Å². The second-order valence-corrected chi connectivity index (χ2v) is 5.85. The van der Waals surface area contributed by atoms with E-state index < -0.39 is 6.36 Å². The van der Waals surface area contributed by atoms with Crippen molar-refractivity contribution >= 4 is 28.7 Å². The van der Waals surface area contributed by atoms with Crippen LogP contribution in [-0.2, 0) is 6.54 Å². The van der Waals surface area contributed by atoms with Crippen LogP contribution in [0.4, 0.5) is 24.5 Å². The molecule has 2 aromatic carbocycles. The minimum Gasteiger partial charge on any atom is -0.406 e. The highest BCUT2D eigenvalue weighted by molar-refractivity contribution is 7.80. The first kappa shape index (κ1) is 18.9. The number of nitrogens with zero attached hydrogens (tertiary/aromatic N) is 1. The van der Waals surface area contributed by atoms with E-state index in [0.29, 0.717) is 17.3 Å². The Labute approximate surface area is 149 Å². The lowest BCUT2D eigenvalue weighted by Crippen LogP contribution is -2.27. The Hall–Kier alpha value is -2.48. The molecule has 134 valence electrons. The summed E-state index contributed by atoms with van der Waals surface area (Å²) in [6, 6.07) is 13.4. The summed E-state index contributed by atoms with van der Waals surface area (Å²) in [5.74, 6) is -0.280. The molecule has 0 radical (unpaired) electrons. The van der Waals surface area contributed by atoms with Crippen LogP contribution < -0.4 is 20.3 Å². The van der Waals surface area contributed by atoms with Crippen molar-refractivity contribution in [3.63, 3.8) is 0 Å². The van der Waals surface area contributed by atoms with Gasteiger partial charge < -0.3 is 20.3 Å². The third-order valence-electron chi connectivity index (χ3n) is 3.25. The number of hydrogen-bond donors (Lipinski definition) is 2. The number of thiocarbonyl (C=S) groups is 1. The van der Waals surface area contributed by atoms with Crippen LogP contribution >= 0.6 is 12.2 Å². The van der Waals surface area contributed by atoms with Gasteiger partial charge in [0.05, 0.1) is 0 Å². The largest absolute Gasteiger partial charge is 0.573 e. The molecule has 8 heteroatoms. The van der Waals surface area contributed by atoms with Crippen LogP contribution in [0, 0.1) is 0 Å². The number of benzene rings is 2. The van der Waals surface area contributed by atoms with Gasteiger partial charge in [-0.25, -0.2) is 0 Å². The summed E-state index contributed by atoms with van der Waals surface area (Å²) < 4.78 is 40.1. The molecule has 25 heavy (non-hydrogen) atoms. The Balaban J connectivity index is 1.83. The first-order valence-corrected chi connectivity index (χ1v) is 7.81. The highest BCUT2D eigenvalue weighted by atomic mass is 32.1. The van der Waals surface area contributed by atoms with Crippen molar-refractivity contribution in [2.24, 2.45) is 0 Å². The van der Waals surface area contributed by atoms with Crippen LogP contribution in [0.15, 0.2) is 48.5 Å². The number of rotatable bonds is 5. The standard InChI is InChI=1S/C17H18F3N3OS/c1-23(2)14-7-3-12(4-8-14)11-21-16(25)22-13-5-9-15(10-6-13)24-17(18,19)20/h3-10H,11H2,1-2H3,(H2,21,22,25). The molecule has 0 spiro atoms. The van der Waals surface area contributed by atoms with Crippen LogP contribution in [0.3, 0.4) is 0 Å². The Morgan fingerprint density at radius 3 is 2.16 bits per heavy atom. The number of alkyl halides is 3. The Bertz CT molecular complexity index is 701. The molecule has 0 unspecified atom stereocenters. The summed E-state index contributed by atoms with van der Waals surface area (Å²) in [5, 5.41) is 6.33. The van der Waals surface area contributed by atoms with Gasteiger partial charge in [-0.1, -0.05) is 12.1 Å². The second-order valence-electron chi connectivity index (χ2n) is 5.44. The first-order chi connectivity index (χ1) is 11.7. The molecule has 0 saturated carbocycles. The van der Waals surface area contributed by atoms with Crippen LogP contribution in [0.5, 0.6) is 5.75 Å². The van der Waals surface area contributed by atoms with Crippen molar-refractivity contribution in [1.29, 1.82) is 0 Å². The number of hydrogen-bond acceptors (Lipinski definition) is 3. The van der Waals surface area contributed by atoms with Gasteiger partial charge in [-0.3, -0.25) is 0 Å². The molecule has 0 aliphatic carbocycles. The van der Waals surface area contributed by atoms with E-state index in [9.17, 15) is 13.2 Å². The number of ether oxygens (including phenoxy) is 1. The molecule has 0 atom stereocenters.